The second-order valence-corrected chi connectivity index (χ2v) is 8.46. The van der Waals surface area contributed by atoms with E-state index in [0.29, 0.717) is 22.2 Å². The summed E-state index contributed by atoms with van der Waals surface area (Å²) < 4.78 is 5.71. The van der Waals surface area contributed by atoms with E-state index in [-0.39, 0.29) is 31.0 Å². The number of aryl methyl sites for hydroxylation is 1. The van der Waals surface area contributed by atoms with Crippen molar-refractivity contribution in [2.24, 2.45) is 0 Å². The van der Waals surface area contributed by atoms with Gasteiger partial charge in [-0.05, 0) is 62.1 Å². The number of benzene rings is 2. The summed E-state index contributed by atoms with van der Waals surface area (Å²) in [7, 11) is 0. The predicted molar refractivity (Wildman–Crippen MR) is 126 cm³/mol. The van der Waals surface area contributed by atoms with Gasteiger partial charge in [0.1, 0.15) is 11.8 Å². The second kappa shape index (κ2) is 12.0. The first-order valence-electron chi connectivity index (χ1n) is 10.5. The number of carbonyl (C=O) groups is 2. The molecule has 0 aliphatic heterocycles. The molecule has 2 aromatic rings. The second-order valence-electron chi connectivity index (χ2n) is 7.64. The van der Waals surface area contributed by atoms with Crippen molar-refractivity contribution in [1.82, 2.24) is 10.2 Å². The van der Waals surface area contributed by atoms with Crippen LogP contribution in [0.25, 0.3) is 0 Å². The lowest BCUT2D eigenvalue weighted by molar-refractivity contribution is -0.143. The van der Waals surface area contributed by atoms with Crippen molar-refractivity contribution in [2.75, 3.05) is 6.61 Å². The van der Waals surface area contributed by atoms with Gasteiger partial charge in [-0.25, -0.2) is 0 Å². The number of nitrogens with zero attached hydrogens (tertiary/aromatic N) is 1. The molecule has 0 saturated heterocycles. The van der Waals surface area contributed by atoms with Crippen molar-refractivity contribution in [3.63, 3.8) is 0 Å². The third-order valence-electron chi connectivity index (χ3n) is 4.85. The lowest BCUT2D eigenvalue weighted by atomic mass is 10.1. The molecule has 5 nitrogen and oxygen atoms in total. The van der Waals surface area contributed by atoms with E-state index in [4.69, 9.17) is 27.9 Å². The molecule has 0 saturated carbocycles. The fraction of sp³-hybridized carbons (Fsp3) is 0.417. The Hall–Kier alpha value is -2.24. The molecule has 2 aromatic carbocycles. The molecule has 2 rings (SSSR count). The Labute approximate surface area is 194 Å². The topological polar surface area (TPSA) is 58.6 Å². The fourth-order valence-corrected chi connectivity index (χ4v) is 3.50. The van der Waals surface area contributed by atoms with Crippen LogP contribution < -0.4 is 10.1 Å². The minimum Gasteiger partial charge on any atom is -0.484 e. The minimum absolute atomic E-state index is 0.0307. The molecule has 0 aromatic heterocycles. The molecule has 1 N–H and O–H groups in total. The van der Waals surface area contributed by atoms with Crippen LogP contribution in [0.5, 0.6) is 5.75 Å². The van der Waals surface area contributed by atoms with Crippen molar-refractivity contribution in [1.29, 1.82) is 0 Å². The van der Waals surface area contributed by atoms with Crippen molar-refractivity contribution in [3.05, 3.63) is 63.6 Å². The zero-order valence-electron chi connectivity index (χ0n) is 18.5. The zero-order chi connectivity index (χ0) is 23.0. The van der Waals surface area contributed by atoms with Crippen LogP contribution in [-0.2, 0) is 22.6 Å². The average molecular weight is 465 g/mol. The van der Waals surface area contributed by atoms with Crippen LogP contribution in [0, 0.1) is 0 Å². The Morgan fingerprint density at radius 3 is 2.19 bits per heavy atom. The highest BCUT2D eigenvalue weighted by atomic mass is 35.5. The normalized spacial score (nSPS) is 11.8. The van der Waals surface area contributed by atoms with E-state index in [1.807, 2.05) is 45.0 Å². The smallest absolute Gasteiger partial charge is 0.261 e. The summed E-state index contributed by atoms with van der Waals surface area (Å²) in [5, 5.41) is 3.74. The van der Waals surface area contributed by atoms with Gasteiger partial charge in [-0.15, -0.1) is 0 Å². The maximum atomic E-state index is 13.1. The average Bonchev–Trinajstić information content (AvgIpc) is 2.74. The molecule has 0 unspecified atom stereocenters. The summed E-state index contributed by atoms with van der Waals surface area (Å²) in [5.74, 6) is 0.134. The van der Waals surface area contributed by atoms with Gasteiger partial charge in [-0.2, -0.15) is 0 Å². The Balaban J connectivity index is 2.21. The highest BCUT2D eigenvalue weighted by Crippen LogP contribution is 2.24. The Kier molecular flexibility index (Phi) is 9.66. The number of nitrogens with one attached hydrogen (secondary N) is 1. The van der Waals surface area contributed by atoms with Gasteiger partial charge in [0.15, 0.2) is 6.61 Å². The molecule has 0 aliphatic carbocycles. The third kappa shape index (κ3) is 7.44. The van der Waals surface area contributed by atoms with Crippen LogP contribution >= 0.6 is 23.2 Å². The van der Waals surface area contributed by atoms with E-state index in [0.717, 1.165) is 12.0 Å². The van der Waals surface area contributed by atoms with Crippen LogP contribution in [0.1, 0.15) is 45.2 Å². The van der Waals surface area contributed by atoms with Crippen molar-refractivity contribution >= 4 is 35.0 Å². The Bertz CT molecular complexity index is 885. The molecule has 0 heterocycles. The number of hydrogen-bond donors (Lipinski definition) is 1. The summed E-state index contributed by atoms with van der Waals surface area (Å²) >= 11 is 12.2. The monoisotopic (exact) mass is 464 g/mol. The number of hydrogen-bond acceptors (Lipinski definition) is 3. The molecule has 168 valence electrons. The number of carbonyl (C=O) groups excluding carboxylic acids is 2. The van der Waals surface area contributed by atoms with Crippen LogP contribution in [0.2, 0.25) is 10.0 Å². The summed E-state index contributed by atoms with van der Waals surface area (Å²) in [6.07, 6.45) is 1.40. The van der Waals surface area contributed by atoms with Gasteiger partial charge in [0.05, 0.1) is 10.0 Å². The molecular weight excluding hydrogens is 435 g/mol. The first kappa shape index (κ1) is 25.0. The van der Waals surface area contributed by atoms with Crippen molar-refractivity contribution in [3.8, 4) is 5.75 Å². The summed E-state index contributed by atoms with van der Waals surface area (Å²) in [4.78, 5) is 27.5. The molecule has 1 atom stereocenters. The van der Waals surface area contributed by atoms with E-state index >= 15 is 0 Å². The fourth-order valence-electron chi connectivity index (χ4n) is 3.18. The van der Waals surface area contributed by atoms with Gasteiger partial charge in [0.25, 0.3) is 5.91 Å². The van der Waals surface area contributed by atoms with Gasteiger partial charge >= 0.3 is 0 Å². The summed E-state index contributed by atoms with van der Waals surface area (Å²) in [5.41, 5.74) is 1.97. The highest BCUT2D eigenvalue weighted by Gasteiger charge is 2.29. The molecule has 0 spiro atoms. The van der Waals surface area contributed by atoms with Crippen LogP contribution in [0.4, 0.5) is 0 Å². The highest BCUT2D eigenvalue weighted by molar-refractivity contribution is 6.42. The summed E-state index contributed by atoms with van der Waals surface area (Å²) in [6, 6.07) is 12.2. The zero-order valence-corrected chi connectivity index (χ0v) is 20.0. The van der Waals surface area contributed by atoms with Gasteiger partial charge in [-0.3, -0.25) is 9.59 Å². The molecule has 2 amide bonds. The lowest BCUT2D eigenvalue weighted by Crippen LogP contribution is -2.51. The predicted octanol–water partition coefficient (Wildman–Crippen LogP) is 5.27. The molecular formula is C24H30Cl2N2O3. The number of rotatable bonds is 10. The van der Waals surface area contributed by atoms with E-state index < -0.39 is 6.04 Å². The van der Waals surface area contributed by atoms with Crippen molar-refractivity contribution < 1.29 is 14.3 Å². The largest absolute Gasteiger partial charge is 0.484 e. The summed E-state index contributed by atoms with van der Waals surface area (Å²) in [6.45, 7) is 7.78. The molecule has 0 aliphatic rings. The minimum atomic E-state index is -0.629. The van der Waals surface area contributed by atoms with Gasteiger partial charge in [0.2, 0.25) is 5.91 Å². The SMILES string of the molecule is CCc1ccc(OCC(=O)N(Cc2ccc(Cl)c(Cl)c2)[C@@H](CC)C(=O)NC(C)C)cc1. The van der Waals surface area contributed by atoms with Gasteiger partial charge in [-0.1, -0.05) is 55.2 Å². The maximum Gasteiger partial charge on any atom is 0.261 e. The number of amides is 2. The van der Waals surface area contributed by atoms with E-state index in [9.17, 15) is 9.59 Å². The quantitative estimate of drug-likeness (QED) is 0.520. The van der Waals surface area contributed by atoms with Crippen LogP contribution in [-0.4, -0.2) is 35.4 Å². The standard InChI is InChI=1S/C24H30Cl2N2O3/c1-5-17-7-10-19(11-8-17)31-15-23(29)28(22(6-2)24(30)27-16(3)4)14-18-9-12-20(25)21(26)13-18/h7-13,16,22H,5-6,14-15H2,1-4H3,(H,27,30)/t22-/m0/s1. The first-order valence-corrected chi connectivity index (χ1v) is 11.3. The molecule has 31 heavy (non-hydrogen) atoms. The van der Waals surface area contributed by atoms with Crippen LogP contribution in [0.3, 0.4) is 0 Å². The van der Waals surface area contributed by atoms with Gasteiger partial charge < -0.3 is 15.0 Å². The van der Waals surface area contributed by atoms with Crippen molar-refractivity contribution in [2.45, 2.75) is 59.2 Å². The number of halogens is 2. The van der Waals surface area contributed by atoms with E-state index in [1.165, 1.54) is 10.5 Å². The van der Waals surface area contributed by atoms with Crippen LogP contribution in [0.15, 0.2) is 42.5 Å². The van der Waals surface area contributed by atoms with E-state index in [1.54, 1.807) is 18.2 Å². The molecule has 7 heteroatoms. The molecule has 0 fully saturated rings. The lowest BCUT2D eigenvalue weighted by Gasteiger charge is -2.31. The molecule has 0 radical (unpaired) electrons. The first-order chi connectivity index (χ1) is 14.7. The van der Waals surface area contributed by atoms with Gasteiger partial charge in [0, 0.05) is 12.6 Å². The number of ether oxygens (including phenoxy) is 1. The van der Waals surface area contributed by atoms with E-state index in [2.05, 4.69) is 12.2 Å². The third-order valence-corrected chi connectivity index (χ3v) is 5.59. The Morgan fingerprint density at radius 1 is 1.00 bits per heavy atom. The maximum absolute atomic E-state index is 13.1. The Morgan fingerprint density at radius 2 is 1.65 bits per heavy atom. The molecule has 0 bridgehead atoms.